The van der Waals surface area contributed by atoms with Crippen LogP contribution in [0.2, 0.25) is 0 Å². The van der Waals surface area contributed by atoms with E-state index >= 15 is 0 Å². The molecule has 0 heterocycles. The lowest BCUT2D eigenvalue weighted by Crippen LogP contribution is -2.34. The molecule has 220 valence electrons. The summed E-state index contributed by atoms with van der Waals surface area (Å²) in [5, 5.41) is 42.1. The van der Waals surface area contributed by atoms with E-state index < -0.39 is 42.1 Å². The molecule has 4 rings (SSSR count). The molecule has 0 radical (unpaired) electrons. The zero-order chi connectivity index (χ0) is 29.2. The van der Waals surface area contributed by atoms with Crippen molar-refractivity contribution in [1.29, 1.82) is 0 Å². The minimum atomic E-state index is -1.86. The van der Waals surface area contributed by atoms with Crippen LogP contribution in [-0.2, 0) is 9.47 Å². The average molecular weight is 565 g/mol. The lowest BCUT2D eigenvalue weighted by molar-refractivity contribution is 0.0202. The minimum Gasteiger partial charge on any atom is -0.511 e. The van der Waals surface area contributed by atoms with Crippen LogP contribution in [0, 0.1) is 5.41 Å². The van der Waals surface area contributed by atoms with Crippen LogP contribution in [0.15, 0.2) is 60.0 Å². The molecule has 2 saturated carbocycles. The highest BCUT2D eigenvalue weighted by Gasteiger charge is 2.38. The van der Waals surface area contributed by atoms with Gasteiger partial charge in [-0.15, -0.1) is 0 Å². The van der Waals surface area contributed by atoms with Gasteiger partial charge in [0, 0.05) is 0 Å². The molecule has 2 fully saturated rings. The third-order valence-corrected chi connectivity index (χ3v) is 8.07. The van der Waals surface area contributed by atoms with Crippen LogP contribution in [0.4, 0.5) is 0 Å². The molecule has 2 aromatic rings. The number of aliphatic hydroxyl groups is 4. The Balaban J connectivity index is 1.44. The van der Waals surface area contributed by atoms with Crippen LogP contribution >= 0.6 is 0 Å². The third-order valence-electron chi connectivity index (χ3n) is 8.07. The Kier molecular flexibility index (Phi) is 10.6. The molecular weight excluding hydrogens is 524 g/mol. The minimum absolute atomic E-state index is 0.0593. The zero-order valence-corrected chi connectivity index (χ0v) is 23.3. The van der Waals surface area contributed by atoms with Crippen molar-refractivity contribution >= 4 is 24.1 Å². The Morgan fingerprint density at radius 3 is 1.29 bits per heavy atom. The number of hydrogen-bond acceptors (Lipinski definition) is 8. The molecule has 0 amide bonds. The van der Waals surface area contributed by atoms with Gasteiger partial charge in [-0.25, -0.2) is 9.59 Å². The van der Waals surface area contributed by atoms with Gasteiger partial charge in [0.1, 0.15) is 29.1 Å². The largest absolute Gasteiger partial charge is 0.511 e. The van der Waals surface area contributed by atoms with Crippen molar-refractivity contribution in [1.82, 2.24) is 0 Å². The van der Waals surface area contributed by atoms with E-state index in [0.717, 1.165) is 64.2 Å². The van der Waals surface area contributed by atoms with Crippen LogP contribution < -0.4 is 0 Å². The standard InChI is InChI=1S/C33H40O8/c34-21-33(22-35,29(36)19-23-11-15-25(16-12-23)31(38)40-27-7-3-1-4-8-27)30(37)20-24-13-17-26(18-14-24)32(39)41-28-9-5-2-6-10-28/h11-20,27-28,34-37H,1-10,21-22H2. The van der Waals surface area contributed by atoms with Crippen molar-refractivity contribution in [3.8, 4) is 0 Å². The summed E-state index contributed by atoms with van der Waals surface area (Å²) in [4.78, 5) is 25.0. The Hall–Kier alpha value is -3.62. The summed E-state index contributed by atoms with van der Waals surface area (Å²) in [6, 6.07) is 12.8. The number of rotatable bonds is 10. The quantitative estimate of drug-likeness (QED) is 0.200. The van der Waals surface area contributed by atoms with Crippen LogP contribution in [0.25, 0.3) is 12.2 Å². The van der Waals surface area contributed by atoms with E-state index in [0.29, 0.717) is 22.3 Å². The Labute approximate surface area is 240 Å². The van der Waals surface area contributed by atoms with Gasteiger partial charge in [0.2, 0.25) is 0 Å². The number of hydrogen-bond donors (Lipinski definition) is 4. The molecule has 2 aromatic carbocycles. The molecule has 0 aliphatic heterocycles. The predicted octanol–water partition coefficient (Wildman–Crippen LogP) is 6.13. The van der Waals surface area contributed by atoms with Crippen LogP contribution in [0.5, 0.6) is 0 Å². The molecule has 8 heteroatoms. The highest BCUT2D eigenvalue weighted by molar-refractivity contribution is 5.90. The van der Waals surface area contributed by atoms with Crippen molar-refractivity contribution in [3.63, 3.8) is 0 Å². The van der Waals surface area contributed by atoms with Crippen molar-refractivity contribution in [2.24, 2.45) is 5.41 Å². The van der Waals surface area contributed by atoms with E-state index in [4.69, 9.17) is 9.47 Å². The van der Waals surface area contributed by atoms with Crippen LogP contribution in [0.3, 0.4) is 0 Å². The summed E-state index contributed by atoms with van der Waals surface area (Å²) >= 11 is 0. The highest BCUT2D eigenvalue weighted by atomic mass is 16.5. The van der Waals surface area contributed by atoms with Crippen molar-refractivity contribution < 1.29 is 39.5 Å². The average Bonchev–Trinajstić information content (AvgIpc) is 3.00. The first-order valence-electron chi connectivity index (χ1n) is 14.5. The molecule has 0 unspecified atom stereocenters. The first-order chi connectivity index (χ1) is 19.8. The van der Waals surface area contributed by atoms with E-state index in [1.807, 2.05) is 0 Å². The summed E-state index contributed by atoms with van der Waals surface area (Å²) in [5.74, 6) is -1.71. The second-order valence-corrected chi connectivity index (χ2v) is 11.0. The lowest BCUT2D eigenvalue weighted by Gasteiger charge is -2.28. The fraction of sp³-hybridized carbons (Fsp3) is 0.455. The Morgan fingerprint density at radius 1 is 0.634 bits per heavy atom. The molecule has 2 aliphatic rings. The fourth-order valence-corrected chi connectivity index (χ4v) is 5.33. The van der Waals surface area contributed by atoms with E-state index in [-0.39, 0.29) is 12.2 Å². The molecule has 8 nitrogen and oxygen atoms in total. The first-order valence-corrected chi connectivity index (χ1v) is 14.5. The molecule has 0 aromatic heterocycles. The van der Waals surface area contributed by atoms with Crippen molar-refractivity contribution in [2.45, 2.75) is 76.4 Å². The summed E-state index contributed by atoms with van der Waals surface area (Å²) in [6.45, 7) is -1.54. The van der Waals surface area contributed by atoms with Crippen LogP contribution in [0.1, 0.15) is 96.1 Å². The van der Waals surface area contributed by atoms with E-state index in [2.05, 4.69) is 0 Å². The molecule has 0 saturated heterocycles. The third kappa shape index (κ3) is 7.77. The molecule has 41 heavy (non-hydrogen) atoms. The smallest absolute Gasteiger partial charge is 0.338 e. The summed E-state index contributed by atoms with van der Waals surface area (Å²) in [5.41, 5.74) is -0.0987. The molecule has 0 atom stereocenters. The predicted molar refractivity (Wildman–Crippen MR) is 155 cm³/mol. The van der Waals surface area contributed by atoms with Gasteiger partial charge in [0.05, 0.1) is 24.3 Å². The van der Waals surface area contributed by atoms with Crippen LogP contribution in [-0.4, -0.2) is 57.8 Å². The van der Waals surface area contributed by atoms with E-state index in [1.165, 1.54) is 12.2 Å². The maximum atomic E-state index is 12.5. The lowest BCUT2D eigenvalue weighted by atomic mass is 9.83. The van der Waals surface area contributed by atoms with Gasteiger partial charge in [0.25, 0.3) is 0 Å². The summed E-state index contributed by atoms with van der Waals surface area (Å²) < 4.78 is 11.2. The summed E-state index contributed by atoms with van der Waals surface area (Å²) in [6.07, 6.45) is 12.6. The molecular formula is C33H40O8. The van der Waals surface area contributed by atoms with Gasteiger partial charge in [-0.05, 0) is 98.9 Å². The number of esters is 2. The molecule has 2 aliphatic carbocycles. The van der Waals surface area contributed by atoms with Gasteiger partial charge in [-0.2, -0.15) is 0 Å². The van der Waals surface area contributed by atoms with Crippen molar-refractivity contribution in [2.75, 3.05) is 13.2 Å². The van der Waals surface area contributed by atoms with E-state index in [1.54, 1.807) is 48.5 Å². The zero-order valence-electron chi connectivity index (χ0n) is 23.3. The Morgan fingerprint density at radius 2 is 0.976 bits per heavy atom. The number of ether oxygens (including phenoxy) is 2. The summed E-state index contributed by atoms with van der Waals surface area (Å²) in [7, 11) is 0. The second-order valence-electron chi connectivity index (χ2n) is 11.0. The fourth-order valence-electron chi connectivity index (χ4n) is 5.33. The van der Waals surface area contributed by atoms with Gasteiger partial charge in [-0.3, -0.25) is 0 Å². The van der Waals surface area contributed by atoms with Gasteiger partial charge < -0.3 is 29.9 Å². The molecule has 0 bridgehead atoms. The molecule has 4 N–H and O–H groups in total. The topological polar surface area (TPSA) is 134 Å². The Bertz CT molecular complexity index is 1120. The van der Waals surface area contributed by atoms with Crippen molar-refractivity contribution in [3.05, 3.63) is 82.3 Å². The maximum absolute atomic E-state index is 12.5. The first kappa shape index (κ1) is 30.3. The van der Waals surface area contributed by atoms with Gasteiger partial charge in [0.15, 0.2) is 0 Å². The highest BCUT2D eigenvalue weighted by Crippen LogP contribution is 2.35. The molecule has 0 spiro atoms. The number of aliphatic hydroxyl groups excluding tert-OH is 4. The van der Waals surface area contributed by atoms with Gasteiger partial charge in [-0.1, -0.05) is 37.1 Å². The maximum Gasteiger partial charge on any atom is 0.338 e. The normalized spacial score (nSPS) is 17.7. The number of carbonyl (C=O) groups excluding carboxylic acids is 2. The number of benzene rings is 2. The van der Waals surface area contributed by atoms with Gasteiger partial charge >= 0.3 is 11.9 Å². The second kappa shape index (κ2) is 14.3. The SMILES string of the molecule is O=C(OC1CCCCC1)c1ccc(C=C(O)C(CO)(CO)C(O)=Cc2ccc(C(=O)OC3CCCCC3)cc2)cc1. The van der Waals surface area contributed by atoms with E-state index in [9.17, 15) is 30.0 Å². The monoisotopic (exact) mass is 564 g/mol. The number of carbonyl (C=O) groups is 2.